The smallest absolute Gasteiger partial charge is 0.254 e. The van der Waals surface area contributed by atoms with Crippen LogP contribution in [0.3, 0.4) is 0 Å². The van der Waals surface area contributed by atoms with Gasteiger partial charge in [-0.3, -0.25) is 9.78 Å². The Labute approximate surface area is 139 Å². The Bertz CT molecular complexity index is 770. The predicted molar refractivity (Wildman–Crippen MR) is 88.6 cm³/mol. The van der Waals surface area contributed by atoms with Gasteiger partial charge in [0.15, 0.2) is 0 Å². The van der Waals surface area contributed by atoms with E-state index in [2.05, 4.69) is 4.98 Å². The average molecular weight is 351 g/mol. The van der Waals surface area contributed by atoms with Gasteiger partial charge in [0.1, 0.15) is 0 Å². The Hall–Kier alpha value is -1.77. The molecule has 3 rings (SSSR count). The molecular formula is C15H17N3O3S2. The van der Waals surface area contributed by atoms with Crippen LogP contribution in [0.5, 0.6) is 0 Å². The molecule has 23 heavy (non-hydrogen) atoms. The summed E-state index contributed by atoms with van der Waals surface area (Å²) in [5, 5.41) is 3.66. The Morgan fingerprint density at radius 2 is 2.04 bits per heavy atom. The molecule has 0 N–H and O–H groups in total. The van der Waals surface area contributed by atoms with Crippen molar-refractivity contribution in [2.75, 3.05) is 19.3 Å². The highest BCUT2D eigenvalue weighted by molar-refractivity contribution is 7.88. The second-order valence-corrected chi connectivity index (χ2v) is 8.25. The van der Waals surface area contributed by atoms with E-state index in [1.165, 1.54) is 21.9 Å². The summed E-state index contributed by atoms with van der Waals surface area (Å²) in [7, 11) is -3.35. The van der Waals surface area contributed by atoms with Crippen LogP contribution < -0.4 is 0 Å². The summed E-state index contributed by atoms with van der Waals surface area (Å²) >= 11 is 1.47. The molecule has 6 nitrogen and oxygen atoms in total. The predicted octanol–water partition coefficient (Wildman–Crippen LogP) is 1.43. The molecule has 3 heterocycles. The third-order valence-corrected chi connectivity index (χ3v) is 5.80. The molecule has 8 heteroatoms. The Morgan fingerprint density at radius 3 is 2.61 bits per heavy atom. The first-order valence-corrected chi connectivity index (χ1v) is 9.91. The number of amides is 1. The summed E-state index contributed by atoms with van der Waals surface area (Å²) in [6.07, 6.45) is 4.49. The third kappa shape index (κ3) is 3.60. The lowest BCUT2D eigenvalue weighted by Gasteiger charge is -2.44. The molecule has 122 valence electrons. The van der Waals surface area contributed by atoms with Crippen LogP contribution in [0.1, 0.15) is 15.9 Å². The minimum Gasteiger partial charge on any atom is -0.335 e. The number of carbonyl (C=O) groups excluding carboxylic acids is 1. The fourth-order valence-corrected chi connectivity index (χ4v) is 4.25. The maximum Gasteiger partial charge on any atom is 0.254 e. The lowest BCUT2D eigenvalue weighted by Crippen LogP contribution is -2.61. The fourth-order valence-electron chi connectivity index (χ4n) is 2.56. The summed E-state index contributed by atoms with van der Waals surface area (Å²) in [6.45, 7) is 1.15. The van der Waals surface area contributed by atoms with Gasteiger partial charge in [-0.05, 0) is 29.1 Å². The molecule has 1 fully saturated rings. The molecule has 0 unspecified atom stereocenters. The van der Waals surface area contributed by atoms with Gasteiger partial charge in [-0.25, -0.2) is 8.42 Å². The third-order valence-electron chi connectivity index (χ3n) is 3.84. The number of hydrogen-bond acceptors (Lipinski definition) is 5. The van der Waals surface area contributed by atoms with Gasteiger partial charge in [0.2, 0.25) is 10.0 Å². The number of pyridine rings is 1. The molecule has 0 aromatic carbocycles. The van der Waals surface area contributed by atoms with E-state index < -0.39 is 10.0 Å². The van der Waals surface area contributed by atoms with Crippen molar-refractivity contribution in [3.05, 3.63) is 52.5 Å². The van der Waals surface area contributed by atoms with E-state index >= 15 is 0 Å². The molecular weight excluding hydrogens is 334 g/mol. The summed E-state index contributed by atoms with van der Waals surface area (Å²) in [4.78, 5) is 17.8. The first-order chi connectivity index (χ1) is 10.9. The number of thiophene rings is 1. The summed E-state index contributed by atoms with van der Waals surface area (Å²) in [6, 6.07) is 5.20. The molecule has 0 saturated carbocycles. The van der Waals surface area contributed by atoms with Crippen LogP contribution in [0.25, 0.3) is 0 Å². The number of rotatable bonds is 5. The number of nitrogens with zero attached hydrogens (tertiary/aromatic N) is 3. The first-order valence-electron chi connectivity index (χ1n) is 7.12. The van der Waals surface area contributed by atoms with E-state index in [1.54, 1.807) is 40.9 Å². The van der Waals surface area contributed by atoms with Gasteiger partial charge in [-0.1, -0.05) is 0 Å². The molecule has 1 aliphatic rings. The maximum absolute atomic E-state index is 12.2. The van der Waals surface area contributed by atoms with Gasteiger partial charge in [0.25, 0.3) is 5.91 Å². The molecule has 0 bridgehead atoms. The molecule has 2 aromatic heterocycles. The van der Waals surface area contributed by atoms with Crippen molar-refractivity contribution < 1.29 is 13.2 Å². The quantitative estimate of drug-likeness (QED) is 0.817. The molecule has 1 aliphatic heterocycles. The summed E-state index contributed by atoms with van der Waals surface area (Å²) in [5.41, 5.74) is 1.54. The van der Waals surface area contributed by atoms with Crippen molar-refractivity contribution >= 4 is 27.3 Å². The highest BCUT2D eigenvalue weighted by Gasteiger charge is 2.39. The van der Waals surface area contributed by atoms with Crippen LogP contribution in [0.2, 0.25) is 0 Å². The SMILES string of the molecule is CS(=O)(=O)N(Cc1ccncc1)C1CN(C(=O)c2ccsc2)C1. The zero-order chi connectivity index (χ0) is 16.4. The Kier molecular flexibility index (Phi) is 4.47. The molecule has 1 amide bonds. The van der Waals surface area contributed by atoms with Crippen molar-refractivity contribution in [2.24, 2.45) is 0 Å². The van der Waals surface area contributed by atoms with E-state index in [1.807, 2.05) is 5.38 Å². The first kappa shape index (κ1) is 16.1. The fraction of sp³-hybridized carbons (Fsp3) is 0.333. The number of carbonyl (C=O) groups is 1. The minimum atomic E-state index is -3.35. The number of hydrogen-bond donors (Lipinski definition) is 0. The zero-order valence-corrected chi connectivity index (χ0v) is 14.3. The standard InChI is InChI=1S/C15H17N3O3S2/c1-23(20,21)18(8-12-2-5-16-6-3-12)14-9-17(10-14)15(19)13-4-7-22-11-13/h2-7,11,14H,8-10H2,1H3. The lowest BCUT2D eigenvalue weighted by atomic mass is 10.1. The Morgan fingerprint density at radius 1 is 1.35 bits per heavy atom. The maximum atomic E-state index is 12.2. The van der Waals surface area contributed by atoms with Crippen LogP contribution in [0.4, 0.5) is 0 Å². The van der Waals surface area contributed by atoms with Crippen LogP contribution in [-0.2, 0) is 16.6 Å². The van der Waals surface area contributed by atoms with E-state index in [-0.39, 0.29) is 11.9 Å². The minimum absolute atomic E-state index is 0.0418. The van der Waals surface area contributed by atoms with E-state index in [0.717, 1.165) is 5.56 Å². The monoisotopic (exact) mass is 351 g/mol. The van der Waals surface area contributed by atoms with Crippen molar-refractivity contribution in [3.8, 4) is 0 Å². The lowest BCUT2D eigenvalue weighted by molar-refractivity contribution is 0.0444. The van der Waals surface area contributed by atoms with Crippen molar-refractivity contribution in [1.29, 1.82) is 0 Å². The van der Waals surface area contributed by atoms with E-state index in [0.29, 0.717) is 25.2 Å². The summed E-state index contributed by atoms with van der Waals surface area (Å²) < 4.78 is 25.6. The molecule has 2 aromatic rings. The second kappa shape index (κ2) is 6.38. The largest absolute Gasteiger partial charge is 0.335 e. The van der Waals surface area contributed by atoms with Crippen LogP contribution >= 0.6 is 11.3 Å². The molecule has 1 saturated heterocycles. The summed E-state index contributed by atoms with van der Waals surface area (Å²) in [5.74, 6) is -0.0418. The topological polar surface area (TPSA) is 70.6 Å². The molecule has 0 spiro atoms. The molecule has 0 radical (unpaired) electrons. The van der Waals surface area contributed by atoms with Crippen molar-refractivity contribution in [1.82, 2.24) is 14.2 Å². The number of likely N-dealkylation sites (tertiary alicyclic amines) is 1. The second-order valence-electron chi connectivity index (χ2n) is 5.54. The van der Waals surface area contributed by atoms with Gasteiger partial charge in [-0.15, -0.1) is 0 Å². The van der Waals surface area contributed by atoms with Gasteiger partial charge in [-0.2, -0.15) is 15.6 Å². The van der Waals surface area contributed by atoms with Crippen LogP contribution in [0, 0.1) is 0 Å². The van der Waals surface area contributed by atoms with Crippen LogP contribution in [0.15, 0.2) is 41.4 Å². The van der Waals surface area contributed by atoms with Crippen molar-refractivity contribution in [2.45, 2.75) is 12.6 Å². The van der Waals surface area contributed by atoms with Gasteiger partial charge in [0.05, 0.1) is 17.9 Å². The van der Waals surface area contributed by atoms with Crippen LogP contribution in [-0.4, -0.2) is 53.9 Å². The van der Waals surface area contributed by atoms with E-state index in [9.17, 15) is 13.2 Å². The number of aromatic nitrogens is 1. The van der Waals surface area contributed by atoms with Crippen molar-refractivity contribution in [3.63, 3.8) is 0 Å². The number of sulfonamides is 1. The van der Waals surface area contributed by atoms with Gasteiger partial charge in [0, 0.05) is 37.4 Å². The molecule has 0 aliphatic carbocycles. The average Bonchev–Trinajstić information content (AvgIpc) is 2.98. The van der Waals surface area contributed by atoms with Gasteiger partial charge < -0.3 is 4.90 Å². The van der Waals surface area contributed by atoms with Gasteiger partial charge >= 0.3 is 0 Å². The molecule has 0 atom stereocenters. The zero-order valence-electron chi connectivity index (χ0n) is 12.6. The van der Waals surface area contributed by atoms with E-state index in [4.69, 9.17) is 0 Å². The normalized spacial score (nSPS) is 15.7. The highest BCUT2D eigenvalue weighted by Crippen LogP contribution is 2.23. The highest BCUT2D eigenvalue weighted by atomic mass is 32.2. The Balaban J connectivity index is 1.68.